The second-order valence-corrected chi connectivity index (χ2v) is 7.73. The summed E-state index contributed by atoms with van der Waals surface area (Å²) in [4.78, 5) is 27.7. The van der Waals surface area contributed by atoms with E-state index in [1.54, 1.807) is 24.3 Å². The summed E-state index contributed by atoms with van der Waals surface area (Å²) in [7, 11) is 1.49. The molecular weight excluding hydrogens is 394 g/mol. The first kappa shape index (κ1) is 20.5. The van der Waals surface area contributed by atoms with Gasteiger partial charge in [-0.05, 0) is 68.3 Å². The van der Waals surface area contributed by atoms with Crippen LogP contribution in [0, 0.1) is 20.8 Å². The number of carbonyl (C=O) groups is 2. The summed E-state index contributed by atoms with van der Waals surface area (Å²) in [6.45, 7) is 5.72. The summed E-state index contributed by atoms with van der Waals surface area (Å²) in [5.41, 5.74) is 3.66. The lowest BCUT2D eigenvalue weighted by atomic mass is 9.97. The van der Waals surface area contributed by atoms with Crippen LogP contribution in [0.3, 0.4) is 0 Å². The maximum Gasteiger partial charge on any atom is 0.300 e. The Labute approximate surface area is 180 Å². The van der Waals surface area contributed by atoms with Crippen LogP contribution in [-0.4, -0.2) is 23.9 Å². The number of Topliss-reactive ketones (excluding diaryl/α,β-unsaturated/α-hetero) is 1. The van der Waals surface area contributed by atoms with Crippen LogP contribution in [0.15, 0.2) is 64.8 Å². The quantitative estimate of drug-likeness (QED) is 0.373. The van der Waals surface area contributed by atoms with Gasteiger partial charge in [0.25, 0.3) is 11.7 Å². The topological polar surface area (TPSA) is 80.0 Å². The van der Waals surface area contributed by atoms with Gasteiger partial charge < -0.3 is 14.3 Å². The van der Waals surface area contributed by atoms with E-state index in [0.29, 0.717) is 22.8 Å². The Hall–Kier alpha value is -3.80. The molecule has 0 radical (unpaired) electrons. The number of furan rings is 1. The van der Waals surface area contributed by atoms with E-state index in [1.807, 2.05) is 45.0 Å². The van der Waals surface area contributed by atoms with E-state index in [-0.39, 0.29) is 11.3 Å². The van der Waals surface area contributed by atoms with Gasteiger partial charge >= 0.3 is 0 Å². The van der Waals surface area contributed by atoms with Gasteiger partial charge in [-0.25, -0.2) is 0 Å². The first-order valence-corrected chi connectivity index (χ1v) is 9.89. The number of amides is 1. The zero-order chi connectivity index (χ0) is 22.3. The van der Waals surface area contributed by atoms with Crippen LogP contribution in [0.4, 0.5) is 5.69 Å². The molecule has 2 aromatic carbocycles. The van der Waals surface area contributed by atoms with E-state index >= 15 is 0 Å². The largest absolute Gasteiger partial charge is 0.507 e. The molecule has 1 aromatic heterocycles. The number of ether oxygens (including phenoxy) is 1. The third-order valence-electron chi connectivity index (χ3n) is 5.35. The van der Waals surface area contributed by atoms with Gasteiger partial charge in [-0.2, -0.15) is 0 Å². The van der Waals surface area contributed by atoms with Crippen molar-refractivity contribution in [3.8, 4) is 5.75 Å². The van der Waals surface area contributed by atoms with Gasteiger partial charge in [-0.1, -0.05) is 17.7 Å². The molecule has 158 valence electrons. The fraction of sp³-hybridized carbons (Fsp3) is 0.200. The minimum absolute atomic E-state index is 0.0389. The first-order chi connectivity index (χ1) is 14.8. The zero-order valence-corrected chi connectivity index (χ0v) is 17.8. The molecular formula is C25H23NO5. The molecule has 31 heavy (non-hydrogen) atoms. The molecule has 6 nitrogen and oxygen atoms in total. The summed E-state index contributed by atoms with van der Waals surface area (Å²) in [5, 5.41) is 11.2. The van der Waals surface area contributed by atoms with Crippen molar-refractivity contribution < 1.29 is 23.8 Å². The molecule has 4 rings (SSSR count). The zero-order valence-electron chi connectivity index (χ0n) is 17.8. The Morgan fingerprint density at radius 3 is 2.32 bits per heavy atom. The highest BCUT2D eigenvalue weighted by atomic mass is 16.5. The van der Waals surface area contributed by atoms with Crippen LogP contribution >= 0.6 is 0 Å². The molecule has 1 aliphatic heterocycles. The average molecular weight is 417 g/mol. The SMILES string of the molecule is COc1ccc(C)cc1/C(O)=C1/C(=O)C(=O)N(c2cc(C)cc(C)c2)C1c1ccco1. The van der Waals surface area contributed by atoms with E-state index in [1.165, 1.54) is 18.3 Å². The van der Waals surface area contributed by atoms with Crippen molar-refractivity contribution in [3.05, 3.63) is 88.4 Å². The normalized spacial score (nSPS) is 17.9. The monoisotopic (exact) mass is 417 g/mol. The van der Waals surface area contributed by atoms with Crippen molar-refractivity contribution in [2.45, 2.75) is 26.8 Å². The van der Waals surface area contributed by atoms with E-state index in [9.17, 15) is 14.7 Å². The molecule has 1 fully saturated rings. The summed E-state index contributed by atoms with van der Waals surface area (Å²) in [5.74, 6) is -1.02. The molecule has 0 bridgehead atoms. The molecule has 1 saturated heterocycles. The number of aryl methyl sites for hydroxylation is 3. The van der Waals surface area contributed by atoms with Gasteiger partial charge in [0.2, 0.25) is 0 Å². The number of carbonyl (C=O) groups excluding carboxylic acids is 2. The molecule has 1 amide bonds. The van der Waals surface area contributed by atoms with Crippen LogP contribution in [0.5, 0.6) is 5.75 Å². The van der Waals surface area contributed by atoms with E-state index < -0.39 is 17.7 Å². The van der Waals surface area contributed by atoms with Gasteiger partial charge in [-0.3, -0.25) is 14.5 Å². The number of rotatable bonds is 4. The van der Waals surface area contributed by atoms with Crippen molar-refractivity contribution in [1.29, 1.82) is 0 Å². The number of aliphatic hydroxyl groups excluding tert-OH is 1. The summed E-state index contributed by atoms with van der Waals surface area (Å²) < 4.78 is 11.0. The maximum atomic E-state index is 13.2. The van der Waals surface area contributed by atoms with Crippen molar-refractivity contribution >= 4 is 23.1 Å². The van der Waals surface area contributed by atoms with E-state index in [4.69, 9.17) is 9.15 Å². The molecule has 1 atom stereocenters. The average Bonchev–Trinajstić information content (AvgIpc) is 3.34. The van der Waals surface area contributed by atoms with Crippen LogP contribution in [0.25, 0.3) is 5.76 Å². The molecule has 0 aliphatic carbocycles. The number of hydrogen-bond acceptors (Lipinski definition) is 5. The molecule has 1 unspecified atom stereocenters. The highest BCUT2D eigenvalue weighted by molar-refractivity contribution is 6.51. The van der Waals surface area contributed by atoms with Gasteiger partial charge in [0.15, 0.2) is 0 Å². The summed E-state index contributed by atoms with van der Waals surface area (Å²) >= 11 is 0. The van der Waals surface area contributed by atoms with Gasteiger partial charge in [-0.15, -0.1) is 0 Å². The lowest BCUT2D eigenvalue weighted by molar-refractivity contribution is -0.132. The number of hydrogen-bond donors (Lipinski definition) is 1. The van der Waals surface area contributed by atoms with Crippen LogP contribution in [-0.2, 0) is 9.59 Å². The van der Waals surface area contributed by atoms with Crippen LogP contribution in [0.2, 0.25) is 0 Å². The van der Waals surface area contributed by atoms with E-state index in [0.717, 1.165) is 16.7 Å². The minimum Gasteiger partial charge on any atom is -0.507 e. The number of aliphatic hydroxyl groups is 1. The van der Waals surface area contributed by atoms with Crippen molar-refractivity contribution in [3.63, 3.8) is 0 Å². The van der Waals surface area contributed by atoms with E-state index in [2.05, 4.69) is 0 Å². The number of ketones is 1. The first-order valence-electron chi connectivity index (χ1n) is 9.89. The van der Waals surface area contributed by atoms with Crippen molar-refractivity contribution in [1.82, 2.24) is 0 Å². The summed E-state index contributed by atoms with van der Waals surface area (Å²) in [6.07, 6.45) is 1.48. The lowest BCUT2D eigenvalue weighted by Gasteiger charge is -2.24. The molecule has 0 spiro atoms. The fourth-order valence-electron chi connectivity index (χ4n) is 4.06. The molecule has 1 N–H and O–H groups in total. The van der Waals surface area contributed by atoms with Crippen LogP contribution < -0.4 is 9.64 Å². The molecule has 0 saturated carbocycles. The second-order valence-electron chi connectivity index (χ2n) is 7.73. The molecule has 1 aliphatic rings. The standard InChI is InChI=1S/C25H23NO5/c1-14-7-8-19(30-4)18(13-14)23(27)21-22(20-6-5-9-31-20)26(25(29)24(21)28)17-11-15(2)10-16(3)12-17/h5-13,22,27H,1-4H3/b23-21-. The Bertz CT molecular complexity index is 1190. The Balaban J connectivity index is 1.98. The maximum absolute atomic E-state index is 13.2. The van der Waals surface area contributed by atoms with Crippen molar-refractivity contribution in [2.75, 3.05) is 12.0 Å². The second kappa shape index (κ2) is 7.80. The minimum atomic E-state index is -0.901. The molecule has 2 heterocycles. The Morgan fingerprint density at radius 1 is 1.00 bits per heavy atom. The number of nitrogens with zero attached hydrogens (tertiary/aromatic N) is 1. The number of methoxy groups -OCH3 is 1. The molecule has 3 aromatic rings. The van der Waals surface area contributed by atoms with Crippen LogP contribution in [0.1, 0.15) is 34.1 Å². The predicted molar refractivity (Wildman–Crippen MR) is 117 cm³/mol. The van der Waals surface area contributed by atoms with Gasteiger partial charge in [0.05, 0.1) is 24.5 Å². The number of anilines is 1. The molecule has 6 heteroatoms. The fourth-order valence-corrected chi connectivity index (χ4v) is 4.06. The Kier molecular flexibility index (Phi) is 5.15. The smallest absolute Gasteiger partial charge is 0.300 e. The highest BCUT2D eigenvalue weighted by Gasteiger charge is 2.48. The predicted octanol–water partition coefficient (Wildman–Crippen LogP) is 4.84. The van der Waals surface area contributed by atoms with Crippen molar-refractivity contribution in [2.24, 2.45) is 0 Å². The van der Waals surface area contributed by atoms with Gasteiger partial charge in [0, 0.05) is 5.69 Å². The summed E-state index contributed by atoms with van der Waals surface area (Å²) in [6, 6.07) is 13.4. The number of benzene rings is 2. The van der Waals surface area contributed by atoms with Gasteiger partial charge in [0.1, 0.15) is 23.3 Å². The highest BCUT2D eigenvalue weighted by Crippen LogP contribution is 2.43. The third-order valence-corrected chi connectivity index (χ3v) is 5.35. The lowest BCUT2D eigenvalue weighted by Crippen LogP contribution is -2.29. The Morgan fingerprint density at radius 2 is 1.71 bits per heavy atom. The third kappa shape index (κ3) is 3.50.